The number of hydrogen-bond acceptors (Lipinski definition) is 3. The number of rotatable bonds is 6. The molecule has 0 unspecified atom stereocenters. The third kappa shape index (κ3) is 4.32. The first-order chi connectivity index (χ1) is 11.1. The molecule has 2 amide bonds. The van der Waals surface area contributed by atoms with Gasteiger partial charge in [-0.1, -0.05) is 11.6 Å². The van der Waals surface area contributed by atoms with Crippen LogP contribution in [0.4, 0.5) is 5.82 Å². The molecule has 3 rings (SSSR count). The van der Waals surface area contributed by atoms with Gasteiger partial charge >= 0.3 is 0 Å². The average molecular weight is 333 g/mol. The predicted octanol–water partition coefficient (Wildman–Crippen LogP) is 2.70. The van der Waals surface area contributed by atoms with Crippen molar-refractivity contribution in [2.45, 2.75) is 25.2 Å². The van der Waals surface area contributed by atoms with Crippen LogP contribution >= 0.6 is 11.6 Å². The smallest absolute Gasteiger partial charge is 0.251 e. The van der Waals surface area contributed by atoms with Crippen LogP contribution in [0.25, 0.3) is 0 Å². The lowest BCUT2D eigenvalue weighted by molar-refractivity contribution is -0.116. The minimum Gasteiger partial charge on any atom is -0.352 e. The largest absolute Gasteiger partial charge is 0.352 e. The van der Waals surface area contributed by atoms with Gasteiger partial charge in [-0.3, -0.25) is 14.7 Å². The number of amides is 2. The molecule has 1 aliphatic rings. The number of anilines is 1. The van der Waals surface area contributed by atoms with Gasteiger partial charge in [0.25, 0.3) is 5.91 Å². The van der Waals surface area contributed by atoms with Gasteiger partial charge < -0.3 is 10.6 Å². The molecule has 1 fully saturated rings. The molecule has 0 bridgehead atoms. The summed E-state index contributed by atoms with van der Waals surface area (Å²) in [6.45, 7) is 0.257. The molecule has 1 aromatic heterocycles. The Morgan fingerprint density at radius 3 is 2.70 bits per heavy atom. The van der Waals surface area contributed by atoms with Gasteiger partial charge in [0, 0.05) is 41.2 Å². The standard InChI is InChI=1S/C16H17ClN4O2/c17-12-5-3-11(4-6-12)16(23)18-8-7-15(22)19-14-9-13(20-21-14)10-1-2-10/h3-6,9-10H,1-2,7-8H2,(H,18,23)(H2,19,20,21,22). The van der Waals surface area contributed by atoms with Crippen LogP contribution in [0.3, 0.4) is 0 Å². The fraction of sp³-hybridized carbons (Fsp3) is 0.312. The van der Waals surface area contributed by atoms with E-state index in [0.29, 0.717) is 22.3 Å². The molecular formula is C16H17ClN4O2. The zero-order valence-electron chi connectivity index (χ0n) is 12.4. The Morgan fingerprint density at radius 1 is 1.26 bits per heavy atom. The van der Waals surface area contributed by atoms with E-state index in [1.165, 1.54) is 12.8 Å². The van der Waals surface area contributed by atoms with Crippen LogP contribution in [-0.2, 0) is 4.79 Å². The Hall–Kier alpha value is -2.34. The summed E-state index contributed by atoms with van der Waals surface area (Å²) in [5.41, 5.74) is 1.58. The van der Waals surface area contributed by atoms with Crippen LogP contribution in [-0.4, -0.2) is 28.6 Å². The zero-order chi connectivity index (χ0) is 16.2. The first-order valence-electron chi connectivity index (χ1n) is 7.51. The number of nitrogens with one attached hydrogen (secondary N) is 3. The number of aromatic amines is 1. The summed E-state index contributed by atoms with van der Waals surface area (Å²) >= 11 is 5.77. The minimum absolute atomic E-state index is 0.185. The lowest BCUT2D eigenvalue weighted by atomic mass is 10.2. The minimum atomic E-state index is -0.231. The number of halogens is 1. The number of aromatic nitrogens is 2. The van der Waals surface area contributed by atoms with E-state index in [2.05, 4.69) is 20.8 Å². The molecule has 120 valence electrons. The zero-order valence-corrected chi connectivity index (χ0v) is 13.2. The third-order valence-corrected chi connectivity index (χ3v) is 3.88. The fourth-order valence-corrected chi connectivity index (χ4v) is 2.33. The molecule has 0 atom stereocenters. The van der Waals surface area contributed by atoms with E-state index in [0.717, 1.165) is 5.69 Å². The highest BCUT2D eigenvalue weighted by Gasteiger charge is 2.25. The average Bonchev–Trinajstić information content (AvgIpc) is 3.28. The van der Waals surface area contributed by atoms with Gasteiger partial charge in [-0.15, -0.1) is 0 Å². The maximum Gasteiger partial charge on any atom is 0.251 e. The maximum absolute atomic E-state index is 11.9. The van der Waals surface area contributed by atoms with Gasteiger partial charge in [0.2, 0.25) is 5.91 Å². The summed E-state index contributed by atoms with van der Waals surface area (Å²) in [4.78, 5) is 23.7. The van der Waals surface area contributed by atoms with E-state index in [9.17, 15) is 9.59 Å². The van der Waals surface area contributed by atoms with Gasteiger partial charge in [0.1, 0.15) is 0 Å². The highest BCUT2D eigenvalue weighted by atomic mass is 35.5. The fourth-order valence-electron chi connectivity index (χ4n) is 2.20. The first-order valence-corrected chi connectivity index (χ1v) is 7.88. The van der Waals surface area contributed by atoms with Crippen molar-refractivity contribution in [1.29, 1.82) is 0 Å². The molecule has 6 nitrogen and oxygen atoms in total. The quantitative estimate of drug-likeness (QED) is 0.760. The van der Waals surface area contributed by atoms with E-state index in [1.54, 1.807) is 24.3 Å². The summed E-state index contributed by atoms with van der Waals surface area (Å²) in [5, 5.41) is 13.0. The van der Waals surface area contributed by atoms with E-state index < -0.39 is 0 Å². The molecule has 1 aliphatic carbocycles. The SMILES string of the molecule is O=C(CCNC(=O)c1ccc(Cl)cc1)Nc1cc(C2CC2)[nH]n1. The summed E-state index contributed by atoms with van der Waals surface area (Å²) in [5.74, 6) is 0.674. The normalized spacial score (nSPS) is 13.6. The lowest BCUT2D eigenvalue weighted by Crippen LogP contribution is -2.27. The monoisotopic (exact) mass is 332 g/mol. The highest BCUT2D eigenvalue weighted by molar-refractivity contribution is 6.30. The third-order valence-electron chi connectivity index (χ3n) is 3.63. The number of carbonyl (C=O) groups is 2. The number of nitrogens with zero attached hydrogens (tertiary/aromatic N) is 1. The van der Waals surface area contributed by atoms with E-state index >= 15 is 0 Å². The van der Waals surface area contributed by atoms with Crippen molar-refractivity contribution in [2.24, 2.45) is 0 Å². The number of hydrogen-bond donors (Lipinski definition) is 3. The first kappa shape index (κ1) is 15.6. The Balaban J connectivity index is 1.41. The van der Waals surface area contributed by atoms with Crippen LogP contribution in [0.5, 0.6) is 0 Å². The molecule has 1 aromatic carbocycles. The van der Waals surface area contributed by atoms with E-state index in [1.807, 2.05) is 6.07 Å². The molecule has 23 heavy (non-hydrogen) atoms. The molecule has 3 N–H and O–H groups in total. The van der Waals surface area contributed by atoms with Crippen molar-refractivity contribution in [3.05, 3.63) is 46.6 Å². The van der Waals surface area contributed by atoms with Gasteiger partial charge in [-0.25, -0.2) is 0 Å². The van der Waals surface area contributed by atoms with E-state index in [4.69, 9.17) is 11.6 Å². The van der Waals surface area contributed by atoms with Gasteiger partial charge in [-0.2, -0.15) is 5.10 Å². The van der Waals surface area contributed by atoms with Crippen molar-refractivity contribution in [1.82, 2.24) is 15.5 Å². The summed E-state index contributed by atoms with van der Waals surface area (Å²) in [7, 11) is 0. The van der Waals surface area contributed by atoms with Crippen molar-refractivity contribution in [2.75, 3.05) is 11.9 Å². The summed E-state index contributed by atoms with van der Waals surface area (Å²) in [6, 6.07) is 8.44. The molecular weight excluding hydrogens is 316 g/mol. The van der Waals surface area contributed by atoms with Crippen LogP contribution in [0.15, 0.2) is 30.3 Å². The second-order valence-corrected chi connectivity index (χ2v) is 5.98. The van der Waals surface area contributed by atoms with Gasteiger partial charge in [0.05, 0.1) is 0 Å². The van der Waals surface area contributed by atoms with Crippen molar-refractivity contribution >= 4 is 29.2 Å². The van der Waals surface area contributed by atoms with Crippen molar-refractivity contribution in [3.63, 3.8) is 0 Å². The lowest BCUT2D eigenvalue weighted by Gasteiger charge is -2.05. The molecule has 1 heterocycles. The predicted molar refractivity (Wildman–Crippen MR) is 87.6 cm³/mol. The highest BCUT2D eigenvalue weighted by Crippen LogP contribution is 2.39. The summed E-state index contributed by atoms with van der Waals surface area (Å²) < 4.78 is 0. The van der Waals surface area contributed by atoms with Crippen molar-refractivity contribution in [3.8, 4) is 0 Å². The Kier molecular flexibility index (Phi) is 4.62. The molecule has 7 heteroatoms. The van der Waals surface area contributed by atoms with Crippen molar-refractivity contribution < 1.29 is 9.59 Å². The number of carbonyl (C=O) groups excluding carboxylic acids is 2. The second kappa shape index (κ2) is 6.83. The molecule has 2 aromatic rings. The topological polar surface area (TPSA) is 86.9 Å². The number of benzene rings is 1. The second-order valence-electron chi connectivity index (χ2n) is 5.54. The van der Waals surface area contributed by atoms with E-state index in [-0.39, 0.29) is 24.8 Å². The van der Waals surface area contributed by atoms with Crippen LogP contribution in [0.2, 0.25) is 5.02 Å². The number of H-pyrrole nitrogens is 1. The van der Waals surface area contributed by atoms with Gasteiger partial charge in [-0.05, 0) is 37.1 Å². The molecule has 0 radical (unpaired) electrons. The van der Waals surface area contributed by atoms with Gasteiger partial charge in [0.15, 0.2) is 5.82 Å². The molecule has 1 saturated carbocycles. The van der Waals surface area contributed by atoms with Crippen LogP contribution in [0.1, 0.15) is 41.2 Å². The molecule has 0 aliphatic heterocycles. The Morgan fingerprint density at radius 2 is 2.00 bits per heavy atom. The Bertz CT molecular complexity index is 707. The maximum atomic E-state index is 11.9. The van der Waals surface area contributed by atoms with Crippen LogP contribution in [0, 0.1) is 0 Å². The molecule has 0 saturated heterocycles. The van der Waals surface area contributed by atoms with Crippen LogP contribution < -0.4 is 10.6 Å². The molecule has 0 spiro atoms. The Labute approximate surface area is 138 Å². The summed E-state index contributed by atoms with van der Waals surface area (Å²) in [6.07, 6.45) is 2.53.